The van der Waals surface area contributed by atoms with Gasteiger partial charge in [-0.15, -0.1) is 0 Å². The monoisotopic (exact) mass is 488 g/mol. The third kappa shape index (κ3) is 5.90. The molecule has 2 heterocycles. The Balaban J connectivity index is 1.48. The van der Waals surface area contributed by atoms with Gasteiger partial charge in [-0.05, 0) is 55.4 Å². The van der Waals surface area contributed by atoms with Crippen LogP contribution in [0.1, 0.15) is 40.2 Å². The molecule has 3 aromatic rings. The number of halogens is 1. The Morgan fingerprint density at radius 3 is 2.28 bits per heavy atom. The number of likely N-dealkylation sites (tertiary alicyclic amines) is 1. The quantitative estimate of drug-likeness (QED) is 0.455. The molecule has 1 unspecified atom stereocenters. The van der Waals surface area contributed by atoms with E-state index in [2.05, 4.69) is 17.2 Å². The Morgan fingerprint density at radius 2 is 1.69 bits per heavy atom. The number of carbonyl (C=O) groups is 2. The summed E-state index contributed by atoms with van der Waals surface area (Å²) in [6, 6.07) is 20.9. The predicted octanol–water partition coefficient (Wildman–Crippen LogP) is 4.66. The number of hydrogen-bond donors (Lipinski definition) is 0. The zero-order valence-corrected chi connectivity index (χ0v) is 21.1. The molecule has 0 spiro atoms. The second-order valence-corrected chi connectivity index (χ2v) is 9.50. The maximum Gasteiger partial charge on any atom is 0.282 e. The van der Waals surface area contributed by atoms with Gasteiger partial charge in [0.25, 0.3) is 11.8 Å². The lowest BCUT2D eigenvalue weighted by Crippen LogP contribution is -2.48. The molecule has 0 bridgehead atoms. The molecule has 7 heteroatoms. The van der Waals surface area contributed by atoms with Crippen molar-refractivity contribution in [1.29, 1.82) is 0 Å². The maximum absolute atomic E-state index is 14.7. The van der Waals surface area contributed by atoms with E-state index in [1.807, 2.05) is 61.3 Å². The molecular weight excluding hydrogens is 455 g/mol. The lowest BCUT2D eigenvalue weighted by Gasteiger charge is -2.40. The van der Waals surface area contributed by atoms with E-state index in [-0.39, 0.29) is 17.9 Å². The summed E-state index contributed by atoms with van der Waals surface area (Å²) in [6.45, 7) is 2.78. The van der Waals surface area contributed by atoms with Crippen LogP contribution >= 0.6 is 0 Å². The molecule has 0 N–H and O–H groups in total. The first-order chi connectivity index (χ1) is 17.3. The van der Waals surface area contributed by atoms with Crippen molar-refractivity contribution in [2.24, 2.45) is 13.0 Å². The number of aryl methyl sites for hydroxylation is 2. The van der Waals surface area contributed by atoms with Crippen LogP contribution in [0.2, 0.25) is 0 Å². The molecule has 1 aromatic heterocycles. The predicted molar refractivity (Wildman–Crippen MR) is 139 cm³/mol. The fraction of sp³-hybridized carbons (Fsp3) is 0.345. The van der Waals surface area contributed by atoms with Crippen molar-refractivity contribution in [2.75, 3.05) is 20.1 Å². The fourth-order valence-corrected chi connectivity index (χ4v) is 5.01. The minimum Gasteiger partial charge on any atom is -0.337 e. The van der Waals surface area contributed by atoms with Crippen molar-refractivity contribution in [3.8, 4) is 0 Å². The largest absolute Gasteiger partial charge is 0.337 e. The summed E-state index contributed by atoms with van der Waals surface area (Å²) in [5.41, 5.74) is 3.16. The lowest BCUT2D eigenvalue weighted by molar-refractivity contribution is -0.130. The lowest BCUT2D eigenvalue weighted by atomic mass is 9.84. The van der Waals surface area contributed by atoms with Gasteiger partial charge < -0.3 is 9.80 Å². The molecule has 0 saturated carbocycles. The summed E-state index contributed by atoms with van der Waals surface area (Å²) in [5.74, 6) is -1.22. The van der Waals surface area contributed by atoms with E-state index < -0.39 is 11.7 Å². The SMILES string of the molecule is Cc1cc(C(=O)N(C)C(Cc2ccccc2)C2CCN(C(=O)C(F)=Cc3ccccc3)CC2)n(C)n1. The van der Waals surface area contributed by atoms with Crippen LogP contribution in [0.15, 0.2) is 72.6 Å². The zero-order chi connectivity index (χ0) is 25.7. The molecule has 1 aliphatic rings. The summed E-state index contributed by atoms with van der Waals surface area (Å²) in [4.78, 5) is 29.6. The number of rotatable bonds is 7. The molecule has 2 amide bonds. The van der Waals surface area contributed by atoms with E-state index in [1.165, 1.54) is 6.08 Å². The van der Waals surface area contributed by atoms with Gasteiger partial charge in [-0.1, -0.05) is 60.7 Å². The Morgan fingerprint density at radius 1 is 1.08 bits per heavy atom. The number of carbonyl (C=O) groups excluding carboxylic acids is 2. The second kappa shape index (κ2) is 11.3. The molecule has 1 aliphatic heterocycles. The third-order valence-corrected chi connectivity index (χ3v) is 6.99. The Bertz CT molecular complexity index is 1210. The zero-order valence-electron chi connectivity index (χ0n) is 21.1. The normalized spacial score (nSPS) is 15.6. The van der Waals surface area contributed by atoms with Crippen LogP contribution in [-0.4, -0.2) is 57.6 Å². The van der Waals surface area contributed by atoms with Crippen LogP contribution in [-0.2, 0) is 18.3 Å². The summed E-state index contributed by atoms with van der Waals surface area (Å²) >= 11 is 0. The molecular formula is C29H33FN4O2. The Kier molecular flexibility index (Phi) is 7.98. The summed E-state index contributed by atoms with van der Waals surface area (Å²) in [6.07, 6.45) is 3.39. The van der Waals surface area contributed by atoms with Gasteiger partial charge in [-0.3, -0.25) is 14.3 Å². The number of piperidine rings is 1. The van der Waals surface area contributed by atoms with Crippen LogP contribution in [0, 0.1) is 12.8 Å². The summed E-state index contributed by atoms with van der Waals surface area (Å²) in [7, 11) is 3.62. The third-order valence-electron chi connectivity index (χ3n) is 6.99. The van der Waals surface area contributed by atoms with Gasteiger partial charge in [-0.2, -0.15) is 5.10 Å². The van der Waals surface area contributed by atoms with E-state index in [0.717, 1.165) is 11.3 Å². The highest BCUT2D eigenvalue weighted by molar-refractivity contribution is 5.95. The summed E-state index contributed by atoms with van der Waals surface area (Å²) in [5, 5.41) is 4.33. The van der Waals surface area contributed by atoms with E-state index in [0.29, 0.717) is 43.6 Å². The van der Waals surface area contributed by atoms with Crippen LogP contribution in [0.4, 0.5) is 4.39 Å². The molecule has 1 fully saturated rings. The van der Waals surface area contributed by atoms with E-state index in [1.54, 1.807) is 28.8 Å². The van der Waals surface area contributed by atoms with Crippen LogP contribution in [0.5, 0.6) is 0 Å². The fourth-order valence-electron chi connectivity index (χ4n) is 5.01. The van der Waals surface area contributed by atoms with Crippen molar-refractivity contribution in [2.45, 2.75) is 32.2 Å². The molecule has 6 nitrogen and oxygen atoms in total. The molecule has 1 atom stereocenters. The van der Waals surface area contributed by atoms with Gasteiger partial charge in [0.1, 0.15) is 5.69 Å². The minimum atomic E-state index is -0.751. The van der Waals surface area contributed by atoms with E-state index in [9.17, 15) is 14.0 Å². The first kappa shape index (κ1) is 25.4. The Labute approximate surface area is 212 Å². The van der Waals surface area contributed by atoms with Crippen molar-refractivity contribution in [3.05, 3.63) is 95.1 Å². The number of amides is 2. The highest BCUT2D eigenvalue weighted by atomic mass is 19.1. The second-order valence-electron chi connectivity index (χ2n) is 9.50. The average molecular weight is 489 g/mol. The van der Waals surface area contributed by atoms with Gasteiger partial charge >= 0.3 is 0 Å². The topological polar surface area (TPSA) is 58.4 Å². The van der Waals surface area contributed by atoms with Crippen molar-refractivity contribution in [3.63, 3.8) is 0 Å². The molecule has 0 aliphatic carbocycles. The van der Waals surface area contributed by atoms with Gasteiger partial charge in [0.05, 0.1) is 5.69 Å². The van der Waals surface area contributed by atoms with Gasteiger partial charge in [0.2, 0.25) is 0 Å². The summed E-state index contributed by atoms with van der Waals surface area (Å²) < 4.78 is 16.3. The highest BCUT2D eigenvalue weighted by Gasteiger charge is 2.34. The smallest absolute Gasteiger partial charge is 0.282 e. The average Bonchev–Trinajstić information content (AvgIpc) is 3.24. The number of likely N-dealkylation sites (N-methyl/N-ethyl adjacent to an activating group) is 1. The highest BCUT2D eigenvalue weighted by Crippen LogP contribution is 2.28. The number of aromatic nitrogens is 2. The number of nitrogens with zero attached hydrogens (tertiary/aromatic N) is 4. The van der Waals surface area contributed by atoms with Crippen LogP contribution < -0.4 is 0 Å². The molecule has 4 rings (SSSR count). The molecule has 2 aromatic carbocycles. The Hall–Kier alpha value is -3.74. The molecule has 1 saturated heterocycles. The number of benzene rings is 2. The molecule has 36 heavy (non-hydrogen) atoms. The molecule has 0 radical (unpaired) electrons. The standard InChI is InChI=1S/C29H33FN4O2/c1-21-18-27(33(3)31-21)29(36)32(2)26(20-23-12-8-5-9-13-23)24-14-16-34(17-15-24)28(35)25(30)19-22-10-6-4-7-11-22/h4-13,18-19,24,26H,14-17,20H2,1-3H3. The van der Waals surface area contributed by atoms with E-state index >= 15 is 0 Å². The molecule has 188 valence electrons. The maximum atomic E-state index is 14.7. The van der Waals surface area contributed by atoms with Gasteiger partial charge in [0.15, 0.2) is 5.83 Å². The van der Waals surface area contributed by atoms with Crippen molar-refractivity contribution in [1.82, 2.24) is 19.6 Å². The minimum absolute atomic E-state index is 0.0583. The first-order valence-corrected chi connectivity index (χ1v) is 12.4. The van der Waals surface area contributed by atoms with Gasteiger partial charge in [0, 0.05) is 33.2 Å². The van der Waals surface area contributed by atoms with E-state index in [4.69, 9.17) is 0 Å². The van der Waals surface area contributed by atoms with Gasteiger partial charge in [-0.25, -0.2) is 4.39 Å². The first-order valence-electron chi connectivity index (χ1n) is 12.4. The van der Waals surface area contributed by atoms with Crippen molar-refractivity contribution < 1.29 is 14.0 Å². The van der Waals surface area contributed by atoms with Crippen LogP contribution in [0.3, 0.4) is 0 Å². The van der Waals surface area contributed by atoms with Crippen LogP contribution in [0.25, 0.3) is 6.08 Å². The van der Waals surface area contributed by atoms with Crippen molar-refractivity contribution >= 4 is 17.9 Å². The number of hydrogen-bond acceptors (Lipinski definition) is 3.